The fourth-order valence-corrected chi connectivity index (χ4v) is 1.39. The van der Waals surface area contributed by atoms with Crippen LogP contribution in [0.1, 0.15) is 6.92 Å². The average Bonchev–Trinajstić information content (AvgIpc) is 2.09. The van der Waals surface area contributed by atoms with Crippen LogP contribution in [0.15, 0.2) is 24.3 Å². The van der Waals surface area contributed by atoms with Crippen molar-refractivity contribution in [2.24, 2.45) is 0 Å². The lowest BCUT2D eigenvalue weighted by Crippen LogP contribution is -2.12. The van der Waals surface area contributed by atoms with Gasteiger partial charge in [0.05, 0.1) is 6.07 Å². The minimum atomic E-state index is -0.138. The van der Waals surface area contributed by atoms with Crippen LogP contribution in [0.2, 0.25) is 0 Å². The molecule has 62 valence electrons. The second-order valence-corrected chi connectivity index (χ2v) is 3.64. The Hall–Kier alpha value is -0.760. The lowest BCUT2D eigenvalue weighted by atomic mass is 10.3. The number of nitrogens with one attached hydrogen (secondary N) is 1. The number of hydrogen-bond donors (Lipinski definition) is 1. The van der Waals surface area contributed by atoms with Gasteiger partial charge in [-0.15, -0.1) is 0 Å². The topological polar surface area (TPSA) is 35.8 Å². The minimum absolute atomic E-state index is 0.138. The first-order valence-electron chi connectivity index (χ1n) is 3.64. The van der Waals surface area contributed by atoms with Crippen LogP contribution in [0.25, 0.3) is 0 Å². The third-order valence-corrected chi connectivity index (χ3v) is 2.38. The van der Waals surface area contributed by atoms with E-state index in [4.69, 9.17) is 5.26 Å². The van der Waals surface area contributed by atoms with Gasteiger partial charge < -0.3 is 5.32 Å². The quantitative estimate of drug-likeness (QED) is 0.840. The van der Waals surface area contributed by atoms with Gasteiger partial charge in [-0.25, -0.2) is 0 Å². The highest BCUT2D eigenvalue weighted by atomic mass is 127. The average molecular weight is 272 g/mol. The van der Waals surface area contributed by atoms with E-state index in [0.29, 0.717) is 0 Å². The van der Waals surface area contributed by atoms with Crippen molar-refractivity contribution in [1.29, 1.82) is 5.26 Å². The fourth-order valence-electron chi connectivity index (χ4n) is 0.844. The number of benzene rings is 1. The van der Waals surface area contributed by atoms with Crippen LogP contribution in [0, 0.1) is 14.9 Å². The molecule has 1 aromatic carbocycles. The SMILES string of the molecule is CC(C#N)Nc1ccccc1I. The van der Waals surface area contributed by atoms with Crippen LogP contribution in [-0.2, 0) is 0 Å². The Morgan fingerprint density at radius 2 is 2.17 bits per heavy atom. The van der Waals surface area contributed by atoms with Crippen molar-refractivity contribution >= 4 is 28.3 Å². The zero-order chi connectivity index (χ0) is 8.97. The van der Waals surface area contributed by atoms with Gasteiger partial charge in [0.2, 0.25) is 0 Å². The number of anilines is 1. The molecular formula is C9H9IN2. The van der Waals surface area contributed by atoms with Gasteiger partial charge >= 0.3 is 0 Å². The molecule has 1 rings (SSSR count). The third kappa shape index (κ3) is 2.38. The zero-order valence-electron chi connectivity index (χ0n) is 6.71. The van der Waals surface area contributed by atoms with Crippen molar-refractivity contribution < 1.29 is 0 Å². The second kappa shape index (κ2) is 4.31. The molecule has 12 heavy (non-hydrogen) atoms. The van der Waals surface area contributed by atoms with E-state index < -0.39 is 0 Å². The van der Waals surface area contributed by atoms with E-state index in [1.807, 2.05) is 31.2 Å². The molecule has 0 amide bonds. The molecule has 1 atom stereocenters. The van der Waals surface area contributed by atoms with Gasteiger partial charge in [0.25, 0.3) is 0 Å². The Morgan fingerprint density at radius 1 is 1.50 bits per heavy atom. The molecule has 0 fully saturated rings. The fraction of sp³-hybridized carbons (Fsp3) is 0.222. The van der Waals surface area contributed by atoms with Crippen molar-refractivity contribution in [3.63, 3.8) is 0 Å². The molecule has 0 spiro atoms. The zero-order valence-corrected chi connectivity index (χ0v) is 8.87. The van der Waals surface area contributed by atoms with Crippen LogP contribution in [-0.4, -0.2) is 6.04 Å². The van der Waals surface area contributed by atoms with Crippen molar-refractivity contribution in [2.45, 2.75) is 13.0 Å². The van der Waals surface area contributed by atoms with Crippen LogP contribution < -0.4 is 5.32 Å². The van der Waals surface area contributed by atoms with E-state index in [2.05, 4.69) is 34.0 Å². The number of para-hydroxylation sites is 1. The first-order valence-corrected chi connectivity index (χ1v) is 4.72. The molecule has 0 heterocycles. The Kier molecular flexibility index (Phi) is 3.35. The van der Waals surface area contributed by atoms with Gasteiger partial charge in [-0.3, -0.25) is 0 Å². The minimum Gasteiger partial charge on any atom is -0.369 e. The third-order valence-electron chi connectivity index (χ3n) is 1.44. The second-order valence-electron chi connectivity index (χ2n) is 2.47. The van der Waals surface area contributed by atoms with Gasteiger partial charge in [-0.05, 0) is 41.6 Å². The van der Waals surface area contributed by atoms with Crippen molar-refractivity contribution in [3.8, 4) is 6.07 Å². The summed E-state index contributed by atoms with van der Waals surface area (Å²) in [6.07, 6.45) is 0. The molecule has 0 aliphatic carbocycles. The summed E-state index contributed by atoms with van der Waals surface area (Å²) in [5.41, 5.74) is 1.02. The van der Waals surface area contributed by atoms with E-state index in [9.17, 15) is 0 Å². The summed E-state index contributed by atoms with van der Waals surface area (Å²) in [7, 11) is 0. The molecule has 0 aromatic heterocycles. The Bertz CT molecular complexity index is 304. The molecule has 2 nitrogen and oxygen atoms in total. The highest BCUT2D eigenvalue weighted by Gasteiger charge is 2.01. The summed E-state index contributed by atoms with van der Waals surface area (Å²) in [6.45, 7) is 1.84. The molecule has 3 heteroatoms. The Morgan fingerprint density at radius 3 is 2.75 bits per heavy atom. The van der Waals surface area contributed by atoms with Gasteiger partial charge in [-0.2, -0.15) is 5.26 Å². The van der Waals surface area contributed by atoms with Gasteiger partial charge in [0.1, 0.15) is 6.04 Å². The number of hydrogen-bond acceptors (Lipinski definition) is 2. The number of halogens is 1. The van der Waals surface area contributed by atoms with Crippen molar-refractivity contribution in [3.05, 3.63) is 27.8 Å². The lowest BCUT2D eigenvalue weighted by molar-refractivity contribution is 1.01. The van der Waals surface area contributed by atoms with E-state index in [-0.39, 0.29) is 6.04 Å². The standard InChI is InChI=1S/C9H9IN2/c1-7(6-11)12-9-5-3-2-4-8(9)10/h2-5,7,12H,1H3. The molecule has 0 saturated carbocycles. The highest BCUT2D eigenvalue weighted by Crippen LogP contribution is 2.17. The van der Waals surface area contributed by atoms with Gasteiger partial charge in [-0.1, -0.05) is 12.1 Å². The van der Waals surface area contributed by atoms with E-state index >= 15 is 0 Å². The van der Waals surface area contributed by atoms with Crippen molar-refractivity contribution in [1.82, 2.24) is 0 Å². The van der Waals surface area contributed by atoms with Crippen LogP contribution in [0.4, 0.5) is 5.69 Å². The smallest absolute Gasteiger partial charge is 0.111 e. The largest absolute Gasteiger partial charge is 0.369 e. The molecule has 0 aliphatic rings. The summed E-state index contributed by atoms with van der Waals surface area (Å²) in [5.74, 6) is 0. The maximum absolute atomic E-state index is 8.57. The molecule has 0 saturated heterocycles. The number of rotatable bonds is 2. The van der Waals surface area contributed by atoms with Crippen LogP contribution in [0.3, 0.4) is 0 Å². The molecule has 1 aromatic rings. The normalized spacial score (nSPS) is 11.8. The van der Waals surface area contributed by atoms with Crippen LogP contribution in [0.5, 0.6) is 0 Å². The molecule has 1 unspecified atom stereocenters. The van der Waals surface area contributed by atoms with E-state index in [0.717, 1.165) is 9.26 Å². The Labute approximate surface area is 85.7 Å². The number of nitrogens with zero attached hydrogens (tertiary/aromatic N) is 1. The van der Waals surface area contributed by atoms with E-state index in [1.54, 1.807) is 0 Å². The highest BCUT2D eigenvalue weighted by molar-refractivity contribution is 14.1. The maximum Gasteiger partial charge on any atom is 0.111 e. The maximum atomic E-state index is 8.57. The predicted molar refractivity (Wildman–Crippen MR) is 57.9 cm³/mol. The van der Waals surface area contributed by atoms with Gasteiger partial charge in [0, 0.05) is 9.26 Å². The lowest BCUT2D eigenvalue weighted by Gasteiger charge is -2.08. The molecule has 0 bridgehead atoms. The molecular weight excluding hydrogens is 263 g/mol. The molecule has 0 radical (unpaired) electrons. The first-order chi connectivity index (χ1) is 5.74. The summed E-state index contributed by atoms with van der Waals surface area (Å²) in [6, 6.07) is 9.89. The monoisotopic (exact) mass is 272 g/mol. The van der Waals surface area contributed by atoms with E-state index in [1.165, 1.54) is 0 Å². The Balaban J connectivity index is 2.77. The molecule has 0 aliphatic heterocycles. The first kappa shape index (κ1) is 9.33. The van der Waals surface area contributed by atoms with Crippen molar-refractivity contribution in [2.75, 3.05) is 5.32 Å². The summed E-state index contributed by atoms with van der Waals surface area (Å²) in [4.78, 5) is 0. The predicted octanol–water partition coefficient (Wildman–Crippen LogP) is 2.62. The van der Waals surface area contributed by atoms with Crippen LogP contribution >= 0.6 is 22.6 Å². The van der Waals surface area contributed by atoms with Gasteiger partial charge in [0.15, 0.2) is 0 Å². The number of nitriles is 1. The summed E-state index contributed by atoms with van der Waals surface area (Å²) in [5, 5.41) is 11.7. The molecule has 1 N–H and O–H groups in total. The summed E-state index contributed by atoms with van der Waals surface area (Å²) >= 11 is 2.24. The summed E-state index contributed by atoms with van der Waals surface area (Å²) < 4.78 is 1.14.